The van der Waals surface area contributed by atoms with Crippen LogP contribution in [0.3, 0.4) is 0 Å². The molecule has 1 heterocycles. The van der Waals surface area contributed by atoms with Crippen LogP contribution in [-0.4, -0.2) is 23.6 Å². The van der Waals surface area contributed by atoms with E-state index in [0.29, 0.717) is 12.5 Å². The number of hydrogen-bond donors (Lipinski definition) is 0. The average Bonchev–Trinajstić information content (AvgIpc) is 2.61. The van der Waals surface area contributed by atoms with Gasteiger partial charge in [0, 0.05) is 10.7 Å². The smallest absolute Gasteiger partial charge is 0.414 e. The van der Waals surface area contributed by atoms with Crippen molar-refractivity contribution >= 4 is 22.0 Å². The summed E-state index contributed by atoms with van der Waals surface area (Å²) >= 11 is 3.53. The van der Waals surface area contributed by atoms with Gasteiger partial charge in [0.1, 0.15) is 6.61 Å². The van der Waals surface area contributed by atoms with Crippen molar-refractivity contribution in [2.45, 2.75) is 52.5 Å². The molecule has 4 heteroatoms. The van der Waals surface area contributed by atoms with Crippen molar-refractivity contribution in [1.82, 2.24) is 4.90 Å². The van der Waals surface area contributed by atoms with E-state index < -0.39 is 0 Å². The van der Waals surface area contributed by atoms with Crippen LogP contribution in [0.1, 0.15) is 46.5 Å². The fraction of sp³-hybridized carbons (Fsp3) is 0.769. The molecule has 0 saturated carbocycles. The van der Waals surface area contributed by atoms with Crippen molar-refractivity contribution in [2.75, 3.05) is 6.61 Å². The maximum Gasteiger partial charge on any atom is 0.414 e. The molecule has 1 rings (SSSR count). The van der Waals surface area contributed by atoms with Crippen LogP contribution >= 0.6 is 15.9 Å². The van der Waals surface area contributed by atoms with Gasteiger partial charge in [-0.05, 0) is 18.8 Å². The van der Waals surface area contributed by atoms with E-state index >= 15 is 0 Å². The highest BCUT2D eigenvalue weighted by Crippen LogP contribution is 2.24. The molecule has 1 aliphatic rings. The van der Waals surface area contributed by atoms with Gasteiger partial charge in [-0.15, -0.1) is 0 Å². The Kier molecular flexibility index (Phi) is 6.03. The van der Waals surface area contributed by atoms with E-state index in [-0.39, 0.29) is 12.1 Å². The van der Waals surface area contributed by atoms with Gasteiger partial charge in [0.25, 0.3) is 0 Å². The Bertz CT molecular complexity index is 289. The lowest BCUT2D eigenvalue weighted by Gasteiger charge is -2.21. The number of carbonyl (C=O) groups is 1. The van der Waals surface area contributed by atoms with Crippen LogP contribution in [0.5, 0.6) is 0 Å². The van der Waals surface area contributed by atoms with Gasteiger partial charge in [-0.3, -0.25) is 4.90 Å². The molecule has 17 heavy (non-hydrogen) atoms. The summed E-state index contributed by atoms with van der Waals surface area (Å²) in [6, 6.07) is 0.168. The Morgan fingerprint density at radius 1 is 1.59 bits per heavy atom. The fourth-order valence-corrected chi connectivity index (χ4v) is 2.37. The van der Waals surface area contributed by atoms with Crippen molar-refractivity contribution < 1.29 is 9.53 Å². The van der Waals surface area contributed by atoms with Crippen LogP contribution in [-0.2, 0) is 4.74 Å². The predicted octanol–water partition coefficient (Wildman–Crippen LogP) is 4.28. The monoisotopic (exact) mass is 303 g/mol. The molecule has 98 valence electrons. The van der Waals surface area contributed by atoms with Gasteiger partial charge in [-0.1, -0.05) is 49.5 Å². The number of ether oxygens (including phenoxy) is 1. The van der Waals surface area contributed by atoms with Crippen LogP contribution in [0.25, 0.3) is 0 Å². The third kappa shape index (κ3) is 4.34. The second-order valence-corrected chi connectivity index (χ2v) is 5.85. The van der Waals surface area contributed by atoms with Crippen molar-refractivity contribution in [2.24, 2.45) is 5.92 Å². The SMILES string of the molecule is CCCCC/C(Br)=C\N1C(=O)OC[C@@H]1C(C)C. The molecule has 1 atom stereocenters. The molecule has 0 aliphatic carbocycles. The Morgan fingerprint density at radius 2 is 2.29 bits per heavy atom. The number of rotatable bonds is 6. The van der Waals surface area contributed by atoms with Crippen molar-refractivity contribution in [3.8, 4) is 0 Å². The minimum Gasteiger partial charge on any atom is -0.447 e. The molecule has 0 aromatic rings. The van der Waals surface area contributed by atoms with Gasteiger partial charge in [0.05, 0.1) is 6.04 Å². The molecule has 1 saturated heterocycles. The molecule has 0 unspecified atom stereocenters. The Balaban J connectivity index is 2.57. The van der Waals surface area contributed by atoms with Gasteiger partial charge in [-0.2, -0.15) is 0 Å². The van der Waals surface area contributed by atoms with Gasteiger partial charge >= 0.3 is 6.09 Å². The van der Waals surface area contributed by atoms with E-state index in [2.05, 4.69) is 36.7 Å². The van der Waals surface area contributed by atoms with Gasteiger partial charge in [-0.25, -0.2) is 4.79 Å². The highest BCUT2D eigenvalue weighted by Gasteiger charge is 2.33. The van der Waals surface area contributed by atoms with E-state index in [1.165, 1.54) is 12.8 Å². The van der Waals surface area contributed by atoms with Crippen LogP contribution in [0.2, 0.25) is 0 Å². The standard InChI is InChI=1S/C13H22BrNO2/c1-4-5-6-7-11(14)8-15-12(10(2)3)9-17-13(15)16/h8,10,12H,4-7,9H2,1-3H3/b11-8+/t12-/m1/s1. The zero-order chi connectivity index (χ0) is 12.8. The molecule has 0 spiro atoms. The summed E-state index contributed by atoms with van der Waals surface area (Å²) in [6.45, 7) is 6.91. The van der Waals surface area contributed by atoms with E-state index in [0.717, 1.165) is 17.3 Å². The lowest BCUT2D eigenvalue weighted by atomic mass is 10.1. The third-order valence-corrected chi connectivity index (χ3v) is 3.61. The number of unbranched alkanes of at least 4 members (excludes halogenated alkanes) is 2. The minimum atomic E-state index is -0.226. The molecule has 1 aliphatic heterocycles. The lowest BCUT2D eigenvalue weighted by Crippen LogP contribution is -2.32. The largest absolute Gasteiger partial charge is 0.447 e. The Hall–Kier alpha value is -0.510. The maximum atomic E-state index is 11.6. The van der Waals surface area contributed by atoms with Gasteiger partial charge in [0.2, 0.25) is 0 Å². The van der Waals surface area contributed by atoms with Crippen LogP contribution in [0, 0.1) is 5.92 Å². The maximum absolute atomic E-state index is 11.6. The Labute approximate surface area is 112 Å². The highest BCUT2D eigenvalue weighted by molar-refractivity contribution is 9.11. The second-order valence-electron chi connectivity index (χ2n) is 4.83. The minimum absolute atomic E-state index is 0.168. The summed E-state index contributed by atoms with van der Waals surface area (Å²) in [5.74, 6) is 0.411. The van der Waals surface area contributed by atoms with Crippen LogP contribution in [0.15, 0.2) is 10.7 Å². The second kappa shape index (κ2) is 7.04. The molecule has 3 nitrogen and oxygen atoms in total. The molecular formula is C13H22BrNO2. The molecule has 1 fully saturated rings. The van der Waals surface area contributed by atoms with Crippen LogP contribution < -0.4 is 0 Å². The quantitative estimate of drug-likeness (QED) is 0.685. The molecular weight excluding hydrogens is 282 g/mol. The summed E-state index contributed by atoms with van der Waals surface area (Å²) in [5.41, 5.74) is 0. The first-order chi connectivity index (χ1) is 8.06. The molecule has 1 amide bonds. The molecule has 0 aromatic heterocycles. The number of allylic oxidation sites excluding steroid dienone is 1. The molecule has 0 radical (unpaired) electrons. The van der Waals surface area contributed by atoms with Gasteiger partial charge < -0.3 is 4.74 Å². The fourth-order valence-electron chi connectivity index (χ4n) is 1.87. The number of halogens is 1. The van der Waals surface area contributed by atoms with E-state index in [1.54, 1.807) is 4.90 Å². The van der Waals surface area contributed by atoms with Crippen molar-refractivity contribution in [3.05, 3.63) is 10.7 Å². The zero-order valence-corrected chi connectivity index (χ0v) is 12.5. The van der Waals surface area contributed by atoms with Crippen LogP contribution in [0.4, 0.5) is 4.79 Å². The average molecular weight is 304 g/mol. The topological polar surface area (TPSA) is 29.5 Å². The highest BCUT2D eigenvalue weighted by atomic mass is 79.9. The first kappa shape index (κ1) is 14.6. The molecule has 0 aromatic carbocycles. The Morgan fingerprint density at radius 3 is 2.88 bits per heavy atom. The normalized spacial score (nSPS) is 21.2. The summed E-state index contributed by atoms with van der Waals surface area (Å²) in [4.78, 5) is 13.3. The summed E-state index contributed by atoms with van der Waals surface area (Å²) in [5, 5.41) is 0. The first-order valence-electron chi connectivity index (χ1n) is 6.37. The first-order valence-corrected chi connectivity index (χ1v) is 7.16. The van der Waals surface area contributed by atoms with Crippen molar-refractivity contribution in [3.63, 3.8) is 0 Å². The van der Waals surface area contributed by atoms with Crippen molar-refractivity contribution in [1.29, 1.82) is 0 Å². The lowest BCUT2D eigenvalue weighted by molar-refractivity contribution is 0.166. The van der Waals surface area contributed by atoms with E-state index in [4.69, 9.17) is 4.74 Å². The summed E-state index contributed by atoms with van der Waals surface area (Å²) in [7, 11) is 0. The number of amides is 1. The number of carbonyl (C=O) groups excluding carboxylic acids is 1. The van der Waals surface area contributed by atoms with E-state index in [9.17, 15) is 4.79 Å². The van der Waals surface area contributed by atoms with Gasteiger partial charge in [0.15, 0.2) is 0 Å². The third-order valence-electron chi connectivity index (χ3n) is 3.01. The molecule has 0 bridgehead atoms. The van der Waals surface area contributed by atoms with E-state index in [1.807, 2.05) is 6.20 Å². The number of hydrogen-bond acceptors (Lipinski definition) is 2. The zero-order valence-electron chi connectivity index (χ0n) is 10.9. The molecule has 0 N–H and O–H groups in total. The predicted molar refractivity (Wildman–Crippen MR) is 73.0 cm³/mol. The summed E-state index contributed by atoms with van der Waals surface area (Å²) < 4.78 is 6.17. The number of nitrogens with zero attached hydrogens (tertiary/aromatic N) is 1. The number of cyclic esters (lactones) is 1. The summed E-state index contributed by atoms with van der Waals surface area (Å²) in [6.07, 6.45) is 6.25.